The molecule has 1 aliphatic heterocycles. The Morgan fingerprint density at radius 2 is 1.68 bits per heavy atom. The first-order valence-corrected chi connectivity index (χ1v) is 7.99. The number of esters is 2. The number of methoxy groups -OCH3 is 1. The van der Waals surface area contributed by atoms with E-state index >= 15 is 0 Å². The van der Waals surface area contributed by atoms with Gasteiger partial charge in [0.25, 0.3) is 0 Å². The van der Waals surface area contributed by atoms with E-state index in [1.807, 2.05) is 59.0 Å². The Kier molecular flexibility index (Phi) is 4.15. The van der Waals surface area contributed by atoms with Gasteiger partial charge in [0.1, 0.15) is 3.92 Å². The summed E-state index contributed by atoms with van der Waals surface area (Å²) in [5.74, 6) is -0.846. The molecule has 112 valence electrons. The number of hydrogen-bond acceptors (Lipinski definition) is 4. The second kappa shape index (κ2) is 6.08. The molecule has 0 radical (unpaired) electrons. The summed E-state index contributed by atoms with van der Waals surface area (Å²) in [5, 5.41) is 0. The minimum absolute atomic E-state index is 0.417. The molecule has 0 aromatic heterocycles. The van der Waals surface area contributed by atoms with Crippen molar-refractivity contribution in [3.05, 3.63) is 59.7 Å². The highest BCUT2D eigenvalue weighted by atomic mass is 127. The molecule has 0 amide bonds. The number of halogens is 1. The van der Waals surface area contributed by atoms with Crippen LogP contribution >= 0.6 is 22.6 Å². The maximum Gasteiger partial charge on any atom is 0.339 e. The smallest absolute Gasteiger partial charge is 0.339 e. The zero-order chi connectivity index (χ0) is 15.7. The Hall–Kier alpha value is -1.89. The van der Waals surface area contributed by atoms with Crippen molar-refractivity contribution in [1.82, 2.24) is 0 Å². The van der Waals surface area contributed by atoms with Crippen LogP contribution in [0.4, 0.5) is 0 Å². The van der Waals surface area contributed by atoms with Gasteiger partial charge in [-0.15, -0.1) is 0 Å². The molecule has 0 unspecified atom stereocenters. The average molecular weight is 408 g/mol. The van der Waals surface area contributed by atoms with E-state index in [0.717, 1.165) is 16.7 Å². The van der Waals surface area contributed by atoms with Gasteiger partial charge in [-0.2, -0.15) is 0 Å². The van der Waals surface area contributed by atoms with Crippen LogP contribution in [0, 0.1) is 0 Å². The van der Waals surface area contributed by atoms with Gasteiger partial charge in [0.05, 0.1) is 12.7 Å². The van der Waals surface area contributed by atoms with Crippen molar-refractivity contribution < 1.29 is 19.1 Å². The maximum absolute atomic E-state index is 12.4. The zero-order valence-corrected chi connectivity index (χ0v) is 13.9. The first-order valence-electron chi connectivity index (χ1n) is 6.74. The molecule has 3 rings (SSSR count). The number of benzene rings is 2. The Balaban J connectivity index is 2.18. The third-order valence-electron chi connectivity index (χ3n) is 3.63. The van der Waals surface area contributed by atoms with Crippen LogP contribution in [0.2, 0.25) is 0 Å². The van der Waals surface area contributed by atoms with E-state index in [2.05, 4.69) is 0 Å². The first-order chi connectivity index (χ1) is 10.6. The van der Waals surface area contributed by atoms with Gasteiger partial charge in [-0.3, -0.25) is 4.79 Å². The highest BCUT2D eigenvalue weighted by molar-refractivity contribution is 14.1. The first kappa shape index (κ1) is 15.0. The third kappa shape index (κ3) is 2.49. The van der Waals surface area contributed by atoms with Crippen molar-refractivity contribution in [3.63, 3.8) is 0 Å². The summed E-state index contributed by atoms with van der Waals surface area (Å²) in [4.78, 5) is 24.3. The van der Waals surface area contributed by atoms with Crippen molar-refractivity contribution in [3.8, 4) is 11.1 Å². The van der Waals surface area contributed by atoms with Gasteiger partial charge in [0.15, 0.2) is 6.10 Å². The molecule has 0 bridgehead atoms. The molecule has 0 saturated carbocycles. The van der Waals surface area contributed by atoms with Crippen LogP contribution in [-0.4, -0.2) is 23.0 Å². The number of ether oxygens (including phenoxy) is 2. The molecule has 22 heavy (non-hydrogen) atoms. The zero-order valence-electron chi connectivity index (χ0n) is 11.8. The second-order valence-electron chi connectivity index (χ2n) is 4.88. The van der Waals surface area contributed by atoms with Crippen LogP contribution in [0.1, 0.15) is 22.0 Å². The maximum atomic E-state index is 12.4. The molecule has 0 N–H and O–H groups in total. The van der Waals surface area contributed by atoms with Crippen LogP contribution in [0.5, 0.6) is 0 Å². The fourth-order valence-corrected chi connectivity index (χ4v) is 3.37. The van der Waals surface area contributed by atoms with E-state index in [-0.39, 0.29) is 0 Å². The van der Waals surface area contributed by atoms with Gasteiger partial charge in [-0.25, -0.2) is 4.79 Å². The summed E-state index contributed by atoms with van der Waals surface area (Å²) in [6.45, 7) is 0. The topological polar surface area (TPSA) is 52.6 Å². The van der Waals surface area contributed by atoms with Gasteiger partial charge in [-0.1, -0.05) is 65.1 Å². The lowest BCUT2D eigenvalue weighted by Gasteiger charge is -2.21. The molecule has 0 spiro atoms. The van der Waals surface area contributed by atoms with E-state index in [1.165, 1.54) is 7.11 Å². The molecule has 4 nitrogen and oxygen atoms in total. The number of carbonyl (C=O) groups excluding carboxylic acids is 2. The van der Waals surface area contributed by atoms with Crippen molar-refractivity contribution in [2.45, 2.75) is 10.0 Å². The molecule has 0 fully saturated rings. The van der Waals surface area contributed by atoms with E-state index in [0.29, 0.717) is 5.56 Å². The monoisotopic (exact) mass is 408 g/mol. The SMILES string of the molecule is COC(=O)[C@H](I)[C@@H]1OC(=O)c2ccccc2-c2ccccc21. The number of fused-ring (bicyclic) bond motifs is 3. The number of hydrogen-bond donors (Lipinski definition) is 0. The van der Waals surface area contributed by atoms with Gasteiger partial charge in [0, 0.05) is 5.56 Å². The van der Waals surface area contributed by atoms with Gasteiger partial charge in [0.2, 0.25) is 0 Å². The molecule has 1 aliphatic rings. The summed E-state index contributed by atoms with van der Waals surface area (Å²) in [6, 6.07) is 14.9. The summed E-state index contributed by atoms with van der Waals surface area (Å²) in [5.41, 5.74) is 3.04. The lowest BCUT2D eigenvalue weighted by Crippen LogP contribution is -2.27. The standard InChI is InChI=1S/C17H13IO4/c1-21-17(20)14(18)15-12-8-4-2-6-10(12)11-7-3-5-9-13(11)16(19)22-15/h2-9,14-15H,1H3/t14-,15-/m1/s1. The predicted octanol–water partition coefficient (Wildman–Crippen LogP) is 3.54. The normalized spacial score (nSPS) is 17.5. The number of cyclic esters (lactones) is 1. The largest absolute Gasteiger partial charge is 0.468 e. The van der Waals surface area contributed by atoms with Crippen molar-refractivity contribution in [2.75, 3.05) is 7.11 Å². The van der Waals surface area contributed by atoms with Gasteiger partial charge in [-0.05, 0) is 17.2 Å². The Morgan fingerprint density at radius 1 is 1.09 bits per heavy atom. The van der Waals surface area contributed by atoms with Crippen LogP contribution in [0.3, 0.4) is 0 Å². The Labute approximate surface area is 141 Å². The average Bonchev–Trinajstić information content (AvgIpc) is 2.69. The van der Waals surface area contributed by atoms with E-state index < -0.39 is 22.0 Å². The molecule has 2 aromatic carbocycles. The second-order valence-corrected chi connectivity index (χ2v) is 6.23. The lowest BCUT2D eigenvalue weighted by atomic mass is 9.93. The molecular weight excluding hydrogens is 395 g/mol. The molecule has 1 heterocycles. The van der Waals surface area contributed by atoms with Crippen LogP contribution in [0.15, 0.2) is 48.5 Å². The lowest BCUT2D eigenvalue weighted by molar-refractivity contribution is -0.141. The van der Waals surface area contributed by atoms with E-state index in [9.17, 15) is 9.59 Å². The molecule has 2 atom stereocenters. The van der Waals surface area contributed by atoms with Crippen molar-refractivity contribution in [2.24, 2.45) is 0 Å². The highest BCUT2D eigenvalue weighted by Gasteiger charge is 2.36. The predicted molar refractivity (Wildman–Crippen MR) is 89.9 cm³/mol. The van der Waals surface area contributed by atoms with E-state index in [1.54, 1.807) is 12.1 Å². The molecule has 0 saturated heterocycles. The summed E-state index contributed by atoms with van der Waals surface area (Å²) in [6.07, 6.45) is -0.677. The number of carbonyl (C=O) groups is 2. The summed E-state index contributed by atoms with van der Waals surface area (Å²) in [7, 11) is 1.33. The minimum atomic E-state index is -0.677. The fraction of sp³-hybridized carbons (Fsp3) is 0.176. The van der Waals surface area contributed by atoms with Crippen LogP contribution in [-0.2, 0) is 14.3 Å². The quantitative estimate of drug-likeness (QED) is 0.434. The van der Waals surface area contributed by atoms with Crippen molar-refractivity contribution >= 4 is 34.5 Å². The summed E-state index contributed by atoms with van der Waals surface area (Å²) >= 11 is 1.96. The molecule has 2 aromatic rings. The molecular formula is C17H13IO4. The number of alkyl halides is 1. The van der Waals surface area contributed by atoms with Crippen LogP contribution in [0.25, 0.3) is 11.1 Å². The van der Waals surface area contributed by atoms with E-state index in [4.69, 9.17) is 9.47 Å². The van der Waals surface area contributed by atoms with Crippen LogP contribution < -0.4 is 0 Å². The Bertz CT molecular complexity index is 741. The Morgan fingerprint density at radius 3 is 2.36 bits per heavy atom. The highest BCUT2D eigenvalue weighted by Crippen LogP contribution is 2.40. The number of rotatable bonds is 2. The van der Waals surface area contributed by atoms with Crippen molar-refractivity contribution in [1.29, 1.82) is 0 Å². The molecule has 0 aliphatic carbocycles. The van der Waals surface area contributed by atoms with Gasteiger partial charge >= 0.3 is 11.9 Å². The fourth-order valence-electron chi connectivity index (χ4n) is 2.58. The van der Waals surface area contributed by atoms with Gasteiger partial charge < -0.3 is 9.47 Å². The minimum Gasteiger partial charge on any atom is -0.468 e. The summed E-state index contributed by atoms with van der Waals surface area (Å²) < 4.78 is 9.79. The third-order valence-corrected chi connectivity index (χ3v) is 4.79. The molecule has 5 heteroatoms.